The van der Waals surface area contributed by atoms with Gasteiger partial charge in [-0.25, -0.2) is 4.39 Å². The summed E-state index contributed by atoms with van der Waals surface area (Å²) in [6.45, 7) is -0.0696. The molecule has 0 aliphatic heterocycles. The number of hydrogen-bond donors (Lipinski definition) is 4. The zero-order valence-corrected chi connectivity index (χ0v) is 13.8. The Morgan fingerprint density at radius 1 is 1.24 bits per heavy atom. The number of benzene rings is 1. The van der Waals surface area contributed by atoms with Gasteiger partial charge in [-0.2, -0.15) is 0 Å². The van der Waals surface area contributed by atoms with Crippen LogP contribution in [-0.2, 0) is 13.7 Å². The predicted octanol–water partition coefficient (Wildman–Crippen LogP) is 0.872. The Bertz CT molecular complexity index is 820. The minimum atomic E-state index is -0.612. The lowest BCUT2D eigenvalue weighted by Gasteiger charge is -2.14. The van der Waals surface area contributed by atoms with E-state index in [0.717, 1.165) is 0 Å². The monoisotopic (exact) mass is 349 g/mol. The van der Waals surface area contributed by atoms with E-state index >= 15 is 0 Å². The highest BCUT2D eigenvalue weighted by molar-refractivity contribution is 6.00. The normalized spacial score (nSPS) is 10.6. The van der Waals surface area contributed by atoms with Crippen LogP contribution in [-0.4, -0.2) is 33.8 Å². The Labute approximate surface area is 143 Å². The van der Waals surface area contributed by atoms with Crippen LogP contribution < -0.4 is 16.2 Å². The maximum atomic E-state index is 14.1. The number of rotatable bonds is 7. The van der Waals surface area contributed by atoms with E-state index in [9.17, 15) is 14.0 Å². The van der Waals surface area contributed by atoms with E-state index < -0.39 is 11.7 Å². The number of carbonyl (C=O) groups excluding carboxylic acids is 1. The smallest absolute Gasteiger partial charge is 0.254 e. The van der Waals surface area contributed by atoms with E-state index in [-0.39, 0.29) is 42.3 Å². The quantitative estimate of drug-likeness (QED) is 0.556. The van der Waals surface area contributed by atoms with Crippen LogP contribution in [0.4, 0.5) is 15.8 Å². The van der Waals surface area contributed by atoms with Crippen molar-refractivity contribution in [1.82, 2.24) is 9.88 Å². The molecule has 7 nitrogen and oxygen atoms in total. The SMILES string of the molecule is Cn1cc(C(=O)NCCCO)c(Nc2ccc(CO)cc2F)cc1=O. The Morgan fingerprint density at radius 3 is 2.64 bits per heavy atom. The first kappa shape index (κ1) is 18.6. The lowest BCUT2D eigenvalue weighted by molar-refractivity contribution is 0.0951. The zero-order chi connectivity index (χ0) is 18.4. The second kappa shape index (κ2) is 8.41. The molecule has 0 atom stereocenters. The number of aryl methyl sites for hydroxylation is 1. The summed E-state index contributed by atoms with van der Waals surface area (Å²) in [5, 5.41) is 23.2. The highest BCUT2D eigenvalue weighted by Gasteiger charge is 2.15. The number of aliphatic hydroxyl groups is 2. The van der Waals surface area contributed by atoms with Gasteiger partial charge >= 0.3 is 0 Å². The summed E-state index contributed by atoms with van der Waals surface area (Å²) in [7, 11) is 1.51. The second-order valence-electron chi connectivity index (χ2n) is 5.48. The van der Waals surface area contributed by atoms with Crippen molar-refractivity contribution in [2.45, 2.75) is 13.0 Å². The second-order valence-corrected chi connectivity index (χ2v) is 5.48. The molecule has 0 radical (unpaired) electrons. The molecule has 2 aromatic rings. The topological polar surface area (TPSA) is 104 Å². The summed E-state index contributed by atoms with van der Waals surface area (Å²) in [5.74, 6) is -1.06. The number of aliphatic hydroxyl groups excluding tert-OH is 2. The molecule has 2 rings (SSSR count). The molecule has 0 saturated heterocycles. The van der Waals surface area contributed by atoms with Crippen LogP contribution in [0.15, 0.2) is 35.3 Å². The average molecular weight is 349 g/mol. The molecule has 1 heterocycles. The van der Waals surface area contributed by atoms with Gasteiger partial charge in [-0.15, -0.1) is 0 Å². The molecule has 0 fully saturated rings. The summed E-state index contributed by atoms with van der Waals surface area (Å²) in [5.41, 5.74) is 0.469. The standard InChI is InChI=1S/C17H20FN3O4/c1-21-9-12(17(25)19-5-2-6-22)15(8-16(21)24)20-14-4-3-11(10-23)7-13(14)18/h3-4,7-9,20,22-23H,2,5-6,10H2,1H3,(H,19,25). The molecule has 0 saturated carbocycles. The van der Waals surface area contributed by atoms with E-state index in [4.69, 9.17) is 10.2 Å². The van der Waals surface area contributed by atoms with Crippen molar-refractivity contribution in [3.63, 3.8) is 0 Å². The molecule has 134 valence electrons. The lowest BCUT2D eigenvalue weighted by atomic mass is 10.1. The van der Waals surface area contributed by atoms with Gasteiger partial charge in [-0.1, -0.05) is 6.07 Å². The van der Waals surface area contributed by atoms with Crippen molar-refractivity contribution in [1.29, 1.82) is 0 Å². The Hall–Kier alpha value is -2.71. The van der Waals surface area contributed by atoms with Gasteiger partial charge in [0.15, 0.2) is 0 Å². The number of carbonyl (C=O) groups is 1. The highest BCUT2D eigenvalue weighted by Crippen LogP contribution is 2.23. The van der Waals surface area contributed by atoms with Crippen LogP contribution >= 0.6 is 0 Å². The van der Waals surface area contributed by atoms with Gasteiger partial charge in [0.25, 0.3) is 11.5 Å². The van der Waals surface area contributed by atoms with E-state index in [1.807, 2.05) is 0 Å². The van der Waals surface area contributed by atoms with E-state index in [2.05, 4.69) is 10.6 Å². The van der Waals surface area contributed by atoms with E-state index in [1.54, 1.807) is 0 Å². The molecular formula is C17H20FN3O4. The number of nitrogens with one attached hydrogen (secondary N) is 2. The first-order valence-electron chi connectivity index (χ1n) is 7.72. The first-order valence-corrected chi connectivity index (χ1v) is 7.72. The third-order valence-electron chi connectivity index (χ3n) is 3.58. The number of anilines is 2. The largest absolute Gasteiger partial charge is 0.396 e. The van der Waals surface area contributed by atoms with Crippen molar-refractivity contribution < 1.29 is 19.4 Å². The number of nitrogens with zero attached hydrogens (tertiary/aromatic N) is 1. The third kappa shape index (κ3) is 4.65. The molecule has 0 aliphatic rings. The van der Waals surface area contributed by atoms with E-state index in [1.165, 1.54) is 42.1 Å². The minimum Gasteiger partial charge on any atom is -0.396 e. The minimum absolute atomic E-state index is 0.0545. The maximum Gasteiger partial charge on any atom is 0.254 e. The van der Waals surface area contributed by atoms with E-state index in [0.29, 0.717) is 12.0 Å². The van der Waals surface area contributed by atoms with Crippen molar-refractivity contribution in [2.75, 3.05) is 18.5 Å². The molecule has 0 aliphatic carbocycles. The van der Waals surface area contributed by atoms with Crippen LogP contribution in [0.3, 0.4) is 0 Å². The van der Waals surface area contributed by atoms with Gasteiger partial charge in [0.1, 0.15) is 5.82 Å². The highest BCUT2D eigenvalue weighted by atomic mass is 19.1. The molecule has 8 heteroatoms. The van der Waals surface area contributed by atoms with Gasteiger partial charge in [-0.3, -0.25) is 9.59 Å². The molecule has 0 bridgehead atoms. The molecule has 1 aromatic carbocycles. The Balaban J connectivity index is 2.34. The fourth-order valence-electron chi connectivity index (χ4n) is 2.19. The molecule has 4 N–H and O–H groups in total. The number of amides is 1. The third-order valence-corrected chi connectivity index (χ3v) is 3.58. The van der Waals surface area contributed by atoms with Crippen molar-refractivity contribution >= 4 is 17.3 Å². The molecular weight excluding hydrogens is 329 g/mol. The average Bonchev–Trinajstić information content (AvgIpc) is 2.59. The maximum absolute atomic E-state index is 14.1. The fraction of sp³-hybridized carbons (Fsp3) is 0.294. The van der Waals surface area contributed by atoms with Gasteiger partial charge in [0.2, 0.25) is 0 Å². The molecule has 1 aromatic heterocycles. The van der Waals surface area contributed by atoms with Crippen molar-refractivity contribution in [2.24, 2.45) is 7.05 Å². The van der Waals surface area contributed by atoms with Crippen molar-refractivity contribution in [3.05, 3.63) is 57.8 Å². The summed E-state index contributed by atoms with van der Waals surface area (Å²) in [4.78, 5) is 24.2. The van der Waals surface area contributed by atoms with Gasteiger partial charge in [-0.05, 0) is 24.1 Å². The van der Waals surface area contributed by atoms with Crippen LogP contribution in [0.2, 0.25) is 0 Å². The molecule has 0 spiro atoms. The van der Waals surface area contributed by atoms with Crippen LogP contribution in [0, 0.1) is 5.82 Å². The number of halogens is 1. The summed E-state index contributed by atoms with van der Waals surface area (Å²) < 4.78 is 15.3. The van der Waals surface area contributed by atoms with Crippen molar-refractivity contribution in [3.8, 4) is 0 Å². The van der Waals surface area contributed by atoms with Crippen LogP contribution in [0.1, 0.15) is 22.3 Å². The number of aromatic nitrogens is 1. The fourth-order valence-corrected chi connectivity index (χ4v) is 2.19. The number of pyridine rings is 1. The summed E-state index contributed by atoms with van der Waals surface area (Å²) in [6, 6.07) is 5.34. The van der Waals surface area contributed by atoms with Crippen LogP contribution in [0.25, 0.3) is 0 Å². The first-order chi connectivity index (χ1) is 12.0. The lowest BCUT2D eigenvalue weighted by Crippen LogP contribution is -2.28. The van der Waals surface area contributed by atoms with Gasteiger partial charge in [0, 0.05) is 32.5 Å². The Morgan fingerprint density at radius 2 is 2.00 bits per heavy atom. The predicted molar refractivity (Wildman–Crippen MR) is 91.3 cm³/mol. The molecule has 25 heavy (non-hydrogen) atoms. The van der Waals surface area contributed by atoms with Gasteiger partial charge < -0.3 is 25.4 Å². The Kier molecular flexibility index (Phi) is 6.26. The van der Waals surface area contributed by atoms with Gasteiger partial charge in [0.05, 0.1) is 23.5 Å². The number of hydrogen-bond acceptors (Lipinski definition) is 5. The summed E-state index contributed by atoms with van der Waals surface area (Å²) >= 11 is 0. The summed E-state index contributed by atoms with van der Waals surface area (Å²) in [6.07, 6.45) is 1.76. The molecule has 1 amide bonds. The molecule has 0 unspecified atom stereocenters. The zero-order valence-electron chi connectivity index (χ0n) is 13.8. The van der Waals surface area contributed by atoms with Crippen LogP contribution in [0.5, 0.6) is 0 Å².